The van der Waals surface area contributed by atoms with Crippen LogP contribution in [0.4, 0.5) is 4.39 Å². The quantitative estimate of drug-likeness (QED) is 0.691. The Kier molecular flexibility index (Phi) is 6.49. The van der Waals surface area contributed by atoms with Crippen molar-refractivity contribution < 1.29 is 18.4 Å². The number of rotatable bonds is 7. The van der Waals surface area contributed by atoms with Crippen LogP contribution in [-0.2, 0) is 4.79 Å². The van der Waals surface area contributed by atoms with Gasteiger partial charge in [-0.3, -0.25) is 9.59 Å². The van der Waals surface area contributed by atoms with Gasteiger partial charge in [0.05, 0.1) is 0 Å². The van der Waals surface area contributed by atoms with Crippen LogP contribution in [0.3, 0.4) is 0 Å². The highest BCUT2D eigenvalue weighted by Gasteiger charge is 2.41. The molecule has 2 aromatic rings. The summed E-state index contributed by atoms with van der Waals surface area (Å²) in [7, 11) is 0. The van der Waals surface area contributed by atoms with Crippen molar-refractivity contribution in [2.75, 3.05) is 6.54 Å². The number of carbonyl (C=O) groups is 2. The summed E-state index contributed by atoms with van der Waals surface area (Å²) in [4.78, 5) is 25.6. The molecule has 1 aliphatic carbocycles. The van der Waals surface area contributed by atoms with Gasteiger partial charge >= 0.3 is 0 Å². The third kappa shape index (κ3) is 4.61. The molecule has 0 spiro atoms. The number of unbranched alkanes of at least 4 members (excludes halogenated alkanes) is 1. The topological polar surface area (TPSA) is 71.3 Å². The lowest BCUT2D eigenvalue weighted by Gasteiger charge is -2.36. The molecule has 0 atom stereocenters. The molecule has 3 rings (SSSR count). The number of amides is 2. The van der Waals surface area contributed by atoms with Gasteiger partial charge in [-0.25, -0.2) is 4.39 Å². The summed E-state index contributed by atoms with van der Waals surface area (Å²) in [6, 6.07) is 9.14. The number of hydrogen-bond acceptors (Lipinski definition) is 3. The first-order valence-electron chi connectivity index (χ1n) is 10.0. The average molecular weight is 386 g/mol. The van der Waals surface area contributed by atoms with Gasteiger partial charge in [-0.2, -0.15) is 0 Å². The zero-order valence-electron chi connectivity index (χ0n) is 16.2. The first kappa shape index (κ1) is 20.1. The standard InChI is InChI=1S/C22H27FN2O3/c1-2-3-15-24-21(27)22(13-5-4-6-14-22)25-20(26)19-12-11-18(28-19)16-7-9-17(23)10-8-16/h7-12H,2-6,13-15H2,1H3,(H,24,27)(H,25,26). The lowest BCUT2D eigenvalue weighted by molar-refractivity contribution is -0.128. The summed E-state index contributed by atoms with van der Waals surface area (Å²) in [5, 5.41) is 5.91. The van der Waals surface area contributed by atoms with Gasteiger partial charge in [0, 0.05) is 12.1 Å². The van der Waals surface area contributed by atoms with Gasteiger partial charge in [0.15, 0.2) is 5.76 Å². The Morgan fingerprint density at radius 3 is 2.46 bits per heavy atom. The predicted molar refractivity (Wildman–Crippen MR) is 105 cm³/mol. The Hall–Kier alpha value is -2.63. The molecular formula is C22H27FN2O3. The molecule has 1 saturated carbocycles. The summed E-state index contributed by atoms with van der Waals surface area (Å²) >= 11 is 0. The molecule has 2 amide bonds. The molecular weight excluding hydrogens is 359 g/mol. The Morgan fingerprint density at radius 2 is 1.79 bits per heavy atom. The molecule has 0 unspecified atom stereocenters. The molecule has 28 heavy (non-hydrogen) atoms. The third-order valence-corrected chi connectivity index (χ3v) is 5.27. The number of hydrogen-bond donors (Lipinski definition) is 2. The minimum atomic E-state index is -0.883. The second kappa shape index (κ2) is 9.04. The van der Waals surface area contributed by atoms with Crippen molar-refractivity contribution in [2.24, 2.45) is 0 Å². The molecule has 0 radical (unpaired) electrons. The highest BCUT2D eigenvalue weighted by Crippen LogP contribution is 2.30. The van der Waals surface area contributed by atoms with Crippen molar-refractivity contribution in [3.8, 4) is 11.3 Å². The second-order valence-electron chi connectivity index (χ2n) is 7.38. The highest BCUT2D eigenvalue weighted by molar-refractivity contribution is 5.98. The van der Waals surface area contributed by atoms with Crippen molar-refractivity contribution >= 4 is 11.8 Å². The van der Waals surface area contributed by atoms with Gasteiger partial charge < -0.3 is 15.1 Å². The van der Waals surface area contributed by atoms with Gasteiger partial charge in [-0.05, 0) is 55.7 Å². The summed E-state index contributed by atoms with van der Waals surface area (Å²) in [6.45, 7) is 2.68. The maximum absolute atomic E-state index is 13.1. The lowest BCUT2D eigenvalue weighted by Crippen LogP contribution is -2.59. The van der Waals surface area contributed by atoms with Crippen molar-refractivity contribution in [2.45, 2.75) is 57.4 Å². The van der Waals surface area contributed by atoms with Crippen LogP contribution in [0.5, 0.6) is 0 Å². The molecule has 2 N–H and O–H groups in total. The average Bonchev–Trinajstić information content (AvgIpc) is 3.20. The molecule has 1 aromatic carbocycles. The Morgan fingerprint density at radius 1 is 1.07 bits per heavy atom. The van der Waals surface area contributed by atoms with E-state index in [0.29, 0.717) is 30.7 Å². The fraction of sp³-hybridized carbons (Fsp3) is 0.455. The van der Waals surface area contributed by atoms with Crippen LogP contribution in [0.2, 0.25) is 0 Å². The molecule has 1 aromatic heterocycles. The Labute approximate surface area is 164 Å². The molecule has 1 aliphatic rings. The molecule has 6 heteroatoms. The number of carbonyl (C=O) groups excluding carboxylic acids is 2. The van der Waals surface area contributed by atoms with Gasteiger partial charge in [0.2, 0.25) is 5.91 Å². The van der Waals surface area contributed by atoms with Crippen LogP contribution in [-0.4, -0.2) is 23.9 Å². The van der Waals surface area contributed by atoms with Crippen LogP contribution in [0.25, 0.3) is 11.3 Å². The number of furan rings is 1. The van der Waals surface area contributed by atoms with Gasteiger partial charge in [-0.1, -0.05) is 32.6 Å². The summed E-state index contributed by atoms with van der Waals surface area (Å²) < 4.78 is 18.8. The first-order valence-corrected chi connectivity index (χ1v) is 10.0. The second-order valence-corrected chi connectivity index (χ2v) is 7.38. The van der Waals surface area contributed by atoms with E-state index in [0.717, 1.165) is 32.1 Å². The van der Waals surface area contributed by atoms with Crippen LogP contribution < -0.4 is 10.6 Å². The molecule has 5 nitrogen and oxygen atoms in total. The normalized spacial score (nSPS) is 15.8. The van der Waals surface area contributed by atoms with Gasteiger partial charge in [-0.15, -0.1) is 0 Å². The van der Waals surface area contributed by atoms with E-state index in [2.05, 4.69) is 17.6 Å². The van der Waals surface area contributed by atoms with Crippen molar-refractivity contribution in [3.63, 3.8) is 0 Å². The smallest absolute Gasteiger partial charge is 0.287 e. The minimum absolute atomic E-state index is 0.112. The van der Waals surface area contributed by atoms with E-state index in [1.165, 1.54) is 12.1 Å². The molecule has 0 aliphatic heterocycles. The Bertz CT molecular complexity index is 807. The maximum Gasteiger partial charge on any atom is 0.287 e. The monoisotopic (exact) mass is 386 g/mol. The highest BCUT2D eigenvalue weighted by atomic mass is 19.1. The van der Waals surface area contributed by atoms with Gasteiger partial charge in [0.25, 0.3) is 5.91 Å². The molecule has 0 bridgehead atoms. The maximum atomic E-state index is 13.1. The first-order chi connectivity index (χ1) is 13.5. The van der Waals surface area contributed by atoms with Crippen molar-refractivity contribution in [3.05, 3.63) is 48.0 Å². The minimum Gasteiger partial charge on any atom is -0.451 e. The summed E-state index contributed by atoms with van der Waals surface area (Å²) in [5.74, 6) is -0.220. The zero-order chi connectivity index (χ0) is 20.0. The van der Waals surface area contributed by atoms with Crippen LogP contribution in [0.15, 0.2) is 40.8 Å². The predicted octanol–water partition coefficient (Wildman–Crippen LogP) is 4.43. The summed E-state index contributed by atoms with van der Waals surface area (Å²) in [6.07, 6.45) is 6.04. The summed E-state index contributed by atoms with van der Waals surface area (Å²) in [5.41, 5.74) is -0.198. The molecule has 150 valence electrons. The van der Waals surface area contributed by atoms with E-state index in [4.69, 9.17) is 4.42 Å². The van der Waals surface area contributed by atoms with Crippen LogP contribution in [0.1, 0.15) is 62.4 Å². The van der Waals surface area contributed by atoms with E-state index >= 15 is 0 Å². The lowest BCUT2D eigenvalue weighted by atomic mass is 9.80. The van der Waals surface area contributed by atoms with E-state index in [1.54, 1.807) is 24.3 Å². The van der Waals surface area contributed by atoms with Gasteiger partial charge in [0.1, 0.15) is 17.1 Å². The van der Waals surface area contributed by atoms with Crippen molar-refractivity contribution in [1.29, 1.82) is 0 Å². The van der Waals surface area contributed by atoms with Crippen molar-refractivity contribution in [1.82, 2.24) is 10.6 Å². The SMILES string of the molecule is CCCCNC(=O)C1(NC(=O)c2ccc(-c3ccc(F)cc3)o2)CCCCC1. The number of benzene rings is 1. The molecule has 1 heterocycles. The third-order valence-electron chi connectivity index (χ3n) is 5.27. The van der Waals surface area contributed by atoms with Crippen LogP contribution >= 0.6 is 0 Å². The fourth-order valence-electron chi connectivity index (χ4n) is 3.62. The van der Waals surface area contributed by atoms with Crippen LogP contribution in [0, 0.1) is 5.82 Å². The number of halogens is 1. The molecule has 1 fully saturated rings. The van der Waals surface area contributed by atoms with E-state index < -0.39 is 11.4 Å². The van der Waals surface area contributed by atoms with E-state index in [9.17, 15) is 14.0 Å². The fourth-order valence-corrected chi connectivity index (χ4v) is 3.62. The Balaban J connectivity index is 1.73. The van der Waals surface area contributed by atoms with E-state index in [1.807, 2.05) is 0 Å². The largest absolute Gasteiger partial charge is 0.451 e. The zero-order valence-corrected chi connectivity index (χ0v) is 16.2. The van der Waals surface area contributed by atoms with E-state index in [-0.39, 0.29) is 17.5 Å². The number of nitrogens with one attached hydrogen (secondary N) is 2. The molecule has 0 saturated heterocycles.